The summed E-state index contributed by atoms with van der Waals surface area (Å²) in [6, 6.07) is 4.07. The van der Waals surface area contributed by atoms with Crippen molar-refractivity contribution in [1.29, 1.82) is 0 Å². The molecule has 0 saturated carbocycles. The number of aryl methyl sites for hydroxylation is 1. The van der Waals surface area contributed by atoms with Crippen molar-refractivity contribution in [1.82, 2.24) is 20.2 Å². The number of rotatable bonds is 1. The van der Waals surface area contributed by atoms with Gasteiger partial charge >= 0.3 is 0 Å². The molecule has 3 aromatic rings. The molecule has 3 aromatic heterocycles. The SMILES string of the molecule is Cc1nnc(-c2cnc3[nH]ccc3c2)s1. The first-order valence-electron chi connectivity index (χ1n) is 4.56. The molecule has 0 unspecified atom stereocenters. The first kappa shape index (κ1) is 8.55. The molecule has 0 aliphatic rings. The molecule has 3 rings (SSSR count). The van der Waals surface area contributed by atoms with Gasteiger partial charge in [-0.2, -0.15) is 0 Å². The quantitative estimate of drug-likeness (QED) is 0.679. The Kier molecular flexibility index (Phi) is 1.78. The first-order chi connectivity index (χ1) is 7.33. The third-order valence-corrected chi connectivity index (χ3v) is 3.06. The summed E-state index contributed by atoms with van der Waals surface area (Å²) < 4.78 is 0. The fourth-order valence-electron chi connectivity index (χ4n) is 1.47. The van der Waals surface area contributed by atoms with Gasteiger partial charge in [-0.25, -0.2) is 4.98 Å². The Hall–Kier alpha value is -1.75. The van der Waals surface area contributed by atoms with Crippen LogP contribution in [-0.4, -0.2) is 20.2 Å². The van der Waals surface area contributed by atoms with Crippen molar-refractivity contribution in [3.8, 4) is 10.6 Å². The van der Waals surface area contributed by atoms with Crippen LogP contribution < -0.4 is 0 Å². The Labute approximate surface area is 90.0 Å². The van der Waals surface area contributed by atoms with Crippen molar-refractivity contribution in [3.63, 3.8) is 0 Å². The monoisotopic (exact) mass is 216 g/mol. The van der Waals surface area contributed by atoms with E-state index in [0.717, 1.165) is 26.6 Å². The van der Waals surface area contributed by atoms with E-state index in [-0.39, 0.29) is 0 Å². The molecule has 74 valence electrons. The predicted octanol–water partition coefficient (Wildman–Crippen LogP) is 2.39. The lowest BCUT2D eigenvalue weighted by Gasteiger charge is -1.94. The number of nitrogens with one attached hydrogen (secondary N) is 1. The van der Waals surface area contributed by atoms with Crippen LogP contribution in [-0.2, 0) is 0 Å². The Bertz CT molecular complexity index is 610. The van der Waals surface area contributed by atoms with Crippen LogP contribution in [0.1, 0.15) is 5.01 Å². The molecule has 0 aliphatic heterocycles. The third-order valence-electron chi connectivity index (χ3n) is 2.17. The van der Waals surface area contributed by atoms with Gasteiger partial charge in [-0.1, -0.05) is 11.3 Å². The van der Waals surface area contributed by atoms with E-state index in [2.05, 4.69) is 26.2 Å². The minimum atomic E-state index is 0.903. The van der Waals surface area contributed by atoms with Crippen LogP contribution in [0.2, 0.25) is 0 Å². The number of fused-ring (bicyclic) bond motifs is 1. The summed E-state index contributed by atoms with van der Waals surface area (Å²) in [6.45, 7) is 1.95. The zero-order chi connectivity index (χ0) is 10.3. The van der Waals surface area contributed by atoms with Crippen molar-refractivity contribution in [3.05, 3.63) is 29.5 Å². The zero-order valence-electron chi connectivity index (χ0n) is 8.06. The molecule has 0 amide bonds. The number of aromatic amines is 1. The van der Waals surface area contributed by atoms with Gasteiger partial charge in [0.15, 0.2) is 0 Å². The lowest BCUT2D eigenvalue weighted by molar-refractivity contribution is 1.05. The number of hydrogen-bond acceptors (Lipinski definition) is 4. The third kappa shape index (κ3) is 1.41. The highest BCUT2D eigenvalue weighted by molar-refractivity contribution is 7.14. The summed E-state index contributed by atoms with van der Waals surface area (Å²) >= 11 is 1.58. The maximum atomic E-state index is 4.31. The van der Waals surface area contributed by atoms with Gasteiger partial charge < -0.3 is 4.98 Å². The first-order valence-corrected chi connectivity index (χ1v) is 5.38. The normalized spacial score (nSPS) is 11.0. The van der Waals surface area contributed by atoms with Crippen molar-refractivity contribution >= 4 is 22.4 Å². The summed E-state index contributed by atoms with van der Waals surface area (Å²) in [5, 5.41) is 11.1. The van der Waals surface area contributed by atoms with Crippen LogP contribution in [0, 0.1) is 6.92 Å². The highest BCUT2D eigenvalue weighted by Crippen LogP contribution is 2.24. The van der Waals surface area contributed by atoms with Crippen LogP contribution >= 0.6 is 11.3 Å². The molecule has 1 N–H and O–H groups in total. The molecule has 0 spiro atoms. The van der Waals surface area contributed by atoms with Crippen molar-refractivity contribution in [2.24, 2.45) is 0 Å². The maximum Gasteiger partial charge on any atom is 0.149 e. The molecule has 0 saturated heterocycles. The number of pyridine rings is 1. The smallest absolute Gasteiger partial charge is 0.149 e. The van der Waals surface area contributed by atoms with Gasteiger partial charge in [0, 0.05) is 23.3 Å². The highest BCUT2D eigenvalue weighted by atomic mass is 32.1. The minimum Gasteiger partial charge on any atom is -0.346 e. The van der Waals surface area contributed by atoms with E-state index in [1.807, 2.05) is 25.4 Å². The molecule has 0 aromatic carbocycles. The summed E-state index contributed by atoms with van der Waals surface area (Å²) in [5.74, 6) is 0. The summed E-state index contributed by atoms with van der Waals surface area (Å²) in [4.78, 5) is 7.37. The summed E-state index contributed by atoms with van der Waals surface area (Å²) in [5.41, 5.74) is 1.92. The van der Waals surface area contributed by atoms with Crippen LogP contribution in [0.3, 0.4) is 0 Å². The zero-order valence-corrected chi connectivity index (χ0v) is 8.88. The van der Waals surface area contributed by atoms with E-state index in [0.29, 0.717) is 0 Å². The Morgan fingerprint density at radius 2 is 2.27 bits per heavy atom. The second-order valence-corrected chi connectivity index (χ2v) is 4.45. The van der Waals surface area contributed by atoms with Gasteiger partial charge in [0.1, 0.15) is 15.7 Å². The molecule has 4 nitrogen and oxygen atoms in total. The summed E-state index contributed by atoms with van der Waals surface area (Å²) in [7, 11) is 0. The lowest BCUT2D eigenvalue weighted by Crippen LogP contribution is -1.80. The molecule has 5 heteroatoms. The average molecular weight is 216 g/mol. The molecule has 0 radical (unpaired) electrons. The fraction of sp³-hybridized carbons (Fsp3) is 0.100. The van der Waals surface area contributed by atoms with E-state index in [4.69, 9.17) is 0 Å². The maximum absolute atomic E-state index is 4.31. The van der Waals surface area contributed by atoms with Crippen LogP contribution in [0.4, 0.5) is 0 Å². The molecule has 0 aliphatic carbocycles. The van der Waals surface area contributed by atoms with Gasteiger partial charge in [0.2, 0.25) is 0 Å². The average Bonchev–Trinajstić information content (AvgIpc) is 2.84. The van der Waals surface area contributed by atoms with Gasteiger partial charge in [0.05, 0.1) is 0 Å². The Morgan fingerprint density at radius 3 is 3.07 bits per heavy atom. The summed E-state index contributed by atoms with van der Waals surface area (Å²) in [6.07, 6.45) is 3.70. The highest BCUT2D eigenvalue weighted by Gasteiger charge is 2.05. The second kappa shape index (κ2) is 3.13. The lowest BCUT2D eigenvalue weighted by atomic mass is 10.2. The molecular formula is C10H8N4S. The molecule has 0 bridgehead atoms. The molecule has 0 atom stereocenters. The standard InChI is InChI=1S/C10H8N4S/c1-6-13-14-10(15-6)8-4-7-2-3-11-9(7)12-5-8/h2-5H,1H3,(H,11,12). The number of nitrogens with zero attached hydrogens (tertiary/aromatic N) is 3. The number of H-pyrrole nitrogens is 1. The van der Waals surface area contributed by atoms with E-state index in [9.17, 15) is 0 Å². The van der Waals surface area contributed by atoms with Gasteiger partial charge in [-0.05, 0) is 19.1 Å². The largest absolute Gasteiger partial charge is 0.346 e. The fourth-order valence-corrected chi connectivity index (χ4v) is 2.14. The molecular weight excluding hydrogens is 208 g/mol. The second-order valence-electron chi connectivity index (χ2n) is 3.27. The van der Waals surface area contributed by atoms with Crippen LogP contribution in [0.25, 0.3) is 21.6 Å². The van der Waals surface area contributed by atoms with E-state index in [1.165, 1.54) is 0 Å². The number of hydrogen-bond donors (Lipinski definition) is 1. The van der Waals surface area contributed by atoms with Crippen molar-refractivity contribution in [2.75, 3.05) is 0 Å². The minimum absolute atomic E-state index is 0.903. The van der Waals surface area contributed by atoms with E-state index in [1.54, 1.807) is 11.3 Å². The Balaban J connectivity index is 2.18. The topological polar surface area (TPSA) is 54.5 Å². The van der Waals surface area contributed by atoms with Crippen molar-refractivity contribution < 1.29 is 0 Å². The van der Waals surface area contributed by atoms with E-state index < -0.39 is 0 Å². The van der Waals surface area contributed by atoms with Crippen LogP contribution in [0.15, 0.2) is 24.5 Å². The Morgan fingerprint density at radius 1 is 1.33 bits per heavy atom. The number of aromatic nitrogens is 4. The van der Waals surface area contributed by atoms with E-state index >= 15 is 0 Å². The van der Waals surface area contributed by atoms with Crippen LogP contribution in [0.5, 0.6) is 0 Å². The molecule has 3 heterocycles. The molecule has 0 fully saturated rings. The van der Waals surface area contributed by atoms with Gasteiger partial charge in [0.25, 0.3) is 0 Å². The predicted molar refractivity (Wildman–Crippen MR) is 59.7 cm³/mol. The molecule has 15 heavy (non-hydrogen) atoms. The van der Waals surface area contributed by atoms with Gasteiger partial charge in [-0.3, -0.25) is 0 Å². The van der Waals surface area contributed by atoms with Gasteiger partial charge in [-0.15, -0.1) is 10.2 Å². The van der Waals surface area contributed by atoms with Crippen molar-refractivity contribution in [2.45, 2.75) is 6.92 Å².